The standard InChI is InChI=1S/C22H26N4O6/c23-18(24)16-3-5-17(6-4-16)32-11-2-1-8-22(21(29)30,13-15-7-12-31-14-15)26-10-9-25-19(27)20(26)28/h3-7,12,14H,1-2,8-11,13H2,(H3,23,24)(H,25,27)(H,29,30). The van der Waals surface area contributed by atoms with Crippen LogP contribution in [0.15, 0.2) is 47.3 Å². The number of furan rings is 1. The molecule has 32 heavy (non-hydrogen) atoms. The maximum Gasteiger partial charge on any atom is 0.329 e. The molecule has 1 aromatic carbocycles. The number of ether oxygens (including phenoxy) is 1. The van der Waals surface area contributed by atoms with Crippen LogP contribution in [0.3, 0.4) is 0 Å². The van der Waals surface area contributed by atoms with Crippen molar-refractivity contribution >= 4 is 23.6 Å². The highest BCUT2D eigenvalue weighted by atomic mass is 16.5. The summed E-state index contributed by atoms with van der Waals surface area (Å²) in [4.78, 5) is 38.1. The van der Waals surface area contributed by atoms with Gasteiger partial charge in [0, 0.05) is 25.1 Å². The number of carbonyl (C=O) groups is 3. The third-order valence-corrected chi connectivity index (χ3v) is 5.47. The lowest BCUT2D eigenvalue weighted by Crippen LogP contribution is -2.65. The summed E-state index contributed by atoms with van der Waals surface area (Å²) in [5, 5.41) is 20.0. The van der Waals surface area contributed by atoms with Gasteiger partial charge < -0.3 is 30.2 Å². The second kappa shape index (κ2) is 9.99. The molecule has 1 saturated heterocycles. The zero-order valence-electron chi connectivity index (χ0n) is 17.5. The number of nitrogens with zero attached hydrogens (tertiary/aromatic N) is 1. The van der Waals surface area contributed by atoms with E-state index < -0.39 is 23.3 Å². The van der Waals surface area contributed by atoms with E-state index in [0.717, 1.165) is 0 Å². The van der Waals surface area contributed by atoms with Crippen molar-refractivity contribution in [3.63, 3.8) is 0 Å². The second-order valence-electron chi connectivity index (χ2n) is 7.60. The maximum absolute atomic E-state index is 12.5. The van der Waals surface area contributed by atoms with Crippen molar-refractivity contribution in [2.24, 2.45) is 5.73 Å². The first-order valence-corrected chi connectivity index (χ1v) is 10.2. The van der Waals surface area contributed by atoms with E-state index in [1.165, 1.54) is 17.4 Å². The number of carboxylic acids is 1. The molecule has 2 aromatic rings. The summed E-state index contributed by atoms with van der Waals surface area (Å²) in [7, 11) is 0. The summed E-state index contributed by atoms with van der Waals surface area (Å²) in [6.45, 7) is 0.660. The average Bonchev–Trinajstić information content (AvgIpc) is 3.28. The Morgan fingerprint density at radius 3 is 2.62 bits per heavy atom. The minimum absolute atomic E-state index is 0.0277. The van der Waals surface area contributed by atoms with Crippen LogP contribution in [0.5, 0.6) is 5.75 Å². The molecule has 10 nitrogen and oxygen atoms in total. The van der Waals surface area contributed by atoms with Gasteiger partial charge in [-0.05, 0) is 55.2 Å². The smallest absolute Gasteiger partial charge is 0.329 e. The fraction of sp³-hybridized carbons (Fsp3) is 0.364. The van der Waals surface area contributed by atoms with Gasteiger partial charge in [-0.15, -0.1) is 0 Å². The molecule has 0 saturated carbocycles. The number of amides is 2. The number of nitrogens with two attached hydrogens (primary N) is 1. The number of nitrogen functional groups attached to an aromatic ring is 1. The van der Waals surface area contributed by atoms with Crippen LogP contribution in [-0.2, 0) is 20.8 Å². The SMILES string of the molecule is N=C(N)c1ccc(OCCCCC(Cc2ccoc2)(C(=O)O)N2CCNC(=O)C2=O)cc1. The predicted molar refractivity (Wildman–Crippen MR) is 114 cm³/mol. The Balaban J connectivity index is 1.66. The van der Waals surface area contributed by atoms with Crippen LogP contribution in [0.4, 0.5) is 0 Å². The van der Waals surface area contributed by atoms with E-state index in [9.17, 15) is 19.5 Å². The van der Waals surface area contributed by atoms with Gasteiger partial charge in [-0.3, -0.25) is 15.0 Å². The fourth-order valence-electron chi connectivity index (χ4n) is 3.78. The molecule has 0 bridgehead atoms. The molecule has 1 unspecified atom stereocenters. The minimum Gasteiger partial charge on any atom is -0.494 e. The fourth-order valence-corrected chi connectivity index (χ4v) is 3.78. The van der Waals surface area contributed by atoms with Crippen molar-refractivity contribution in [2.45, 2.75) is 31.2 Å². The van der Waals surface area contributed by atoms with Gasteiger partial charge in [-0.1, -0.05) is 0 Å². The Kier molecular flexibility index (Phi) is 7.14. The van der Waals surface area contributed by atoms with Crippen molar-refractivity contribution in [3.05, 3.63) is 54.0 Å². The largest absolute Gasteiger partial charge is 0.494 e. The summed E-state index contributed by atoms with van der Waals surface area (Å²) in [5.74, 6) is -2.22. The van der Waals surface area contributed by atoms with Gasteiger partial charge in [0.1, 0.15) is 17.1 Å². The lowest BCUT2D eigenvalue weighted by molar-refractivity contribution is -0.165. The van der Waals surface area contributed by atoms with Crippen molar-refractivity contribution in [2.75, 3.05) is 19.7 Å². The molecule has 2 heterocycles. The van der Waals surface area contributed by atoms with Gasteiger partial charge in [-0.2, -0.15) is 0 Å². The lowest BCUT2D eigenvalue weighted by Gasteiger charge is -2.42. The summed E-state index contributed by atoms with van der Waals surface area (Å²) < 4.78 is 10.8. The maximum atomic E-state index is 12.5. The molecule has 1 atom stereocenters. The Bertz CT molecular complexity index is 973. The molecule has 0 radical (unpaired) electrons. The topological polar surface area (TPSA) is 159 Å². The van der Waals surface area contributed by atoms with Gasteiger partial charge in [0.05, 0.1) is 19.1 Å². The van der Waals surface area contributed by atoms with E-state index in [4.69, 9.17) is 20.3 Å². The van der Waals surface area contributed by atoms with Crippen molar-refractivity contribution in [1.29, 1.82) is 5.41 Å². The molecule has 0 spiro atoms. The van der Waals surface area contributed by atoms with Gasteiger partial charge in [0.2, 0.25) is 0 Å². The molecule has 170 valence electrons. The molecule has 2 amide bonds. The monoisotopic (exact) mass is 442 g/mol. The second-order valence-corrected chi connectivity index (χ2v) is 7.60. The molecule has 1 aromatic heterocycles. The van der Waals surface area contributed by atoms with E-state index in [1.807, 2.05) is 0 Å². The normalized spacial score (nSPS) is 15.7. The Labute approximate surface area is 184 Å². The zero-order chi connectivity index (χ0) is 23.1. The Morgan fingerprint density at radius 2 is 2.00 bits per heavy atom. The number of hydrogen-bond acceptors (Lipinski definition) is 6. The summed E-state index contributed by atoms with van der Waals surface area (Å²) in [5.41, 5.74) is 5.09. The molecular weight excluding hydrogens is 416 g/mol. The van der Waals surface area contributed by atoms with E-state index in [2.05, 4.69) is 5.32 Å². The number of carbonyl (C=O) groups excluding carboxylic acids is 2. The third kappa shape index (κ3) is 5.08. The Morgan fingerprint density at radius 1 is 1.25 bits per heavy atom. The predicted octanol–water partition coefficient (Wildman–Crippen LogP) is 1.14. The lowest BCUT2D eigenvalue weighted by atomic mass is 9.84. The van der Waals surface area contributed by atoms with Gasteiger partial charge in [-0.25, -0.2) is 4.79 Å². The van der Waals surface area contributed by atoms with Crippen LogP contribution >= 0.6 is 0 Å². The molecule has 3 rings (SSSR count). The highest BCUT2D eigenvalue weighted by molar-refractivity contribution is 6.36. The van der Waals surface area contributed by atoms with Crippen LogP contribution in [0.25, 0.3) is 0 Å². The quantitative estimate of drug-likeness (QED) is 0.176. The number of nitrogens with one attached hydrogen (secondary N) is 2. The summed E-state index contributed by atoms with van der Waals surface area (Å²) in [6.07, 6.45) is 4.08. The molecule has 1 fully saturated rings. The number of aliphatic carboxylic acids is 1. The van der Waals surface area contributed by atoms with Gasteiger partial charge in [0.15, 0.2) is 0 Å². The number of unbranched alkanes of at least 4 members (excludes halogenated alkanes) is 1. The van der Waals surface area contributed by atoms with E-state index >= 15 is 0 Å². The number of carboxylic acid groups (broad SMARTS) is 1. The molecule has 1 aliphatic rings. The van der Waals surface area contributed by atoms with Crippen LogP contribution < -0.4 is 15.8 Å². The van der Waals surface area contributed by atoms with Crippen molar-refractivity contribution in [1.82, 2.24) is 10.2 Å². The number of hydrogen-bond donors (Lipinski definition) is 4. The number of benzene rings is 1. The van der Waals surface area contributed by atoms with Crippen LogP contribution in [-0.4, -0.2) is 58.9 Å². The molecular formula is C22H26N4O6. The highest BCUT2D eigenvalue weighted by Crippen LogP contribution is 2.29. The van der Waals surface area contributed by atoms with Crippen molar-refractivity contribution < 1.29 is 28.6 Å². The first-order chi connectivity index (χ1) is 15.3. The summed E-state index contributed by atoms with van der Waals surface area (Å²) >= 11 is 0. The van der Waals surface area contributed by atoms with Crippen LogP contribution in [0.1, 0.15) is 30.4 Å². The molecule has 0 aliphatic carbocycles. The third-order valence-electron chi connectivity index (χ3n) is 5.47. The first-order valence-electron chi connectivity index (χ1n) is 10.2. The summed E-state index contributed by atoms with van der Waals surface area (Å²) in [6, 6.07) is 8.44. The average molecular weight is 442 g/mol. The van der Waals surface area contributed by atoms with Crippen LogP contribution in [0, 0.1) is 5.41 Å². The van der Waals surface area contributed by atoms with E-state index in [0.29, 0.717) is 36.3 Å². The molecule has 10 heteroatoms. The number of rotatable bonds is 11. The molecule has 5 N–H and O–H groups in total. The minimum atomic E-state index is -1.57. The van der Waals surface area contributed by atoms with Crippen molar-refractivity contribution in [3.8, 4) is 5.75 Å². The van der Waals surface area contributed by atoms with E-state index in [-0.39, 0.29) is 31.8 Å². The highest BCUT2D eigenvalue weighted by Gasteiger charge is 2.49. The van der Waals surface area contributed by atoms with E-state index in [1.54, 1.807) is 30.3 Å². The number of amidine groups is 1. The van der Waals surface area contributed by atoms with Crippen LogP contribution in [0.2, 0.25) is 0 Å². The van der Waals surface area contributed by atoms with Gasteiger partial charge >= 0.3 is 17.8 Å². The number of piperazine rings is 1. The van der Waals surface area contributed by atoms with Gasteiger partial charge in [0.25, 0.3) is 0 Å². The first kappa shape index (κ1) is 22.9. The molecule has 1 aliphatic heterocycles. The Hall–Kier alpha value is -3.82. The zero-order valence-corrected chi connectivity index (χ0v) is 17.5.